The lowest BCUT2D eigenvalue weighted by Gasteiger charge is -2.35. The van der Waals surface area contributed by atoms with Gasteiger partial charge < -0.3 is 39.9 Å². The Hall–Kier alpha value is -5.15. The first-order valence-electron chi connectivity index (χ1n) is 16.2. The summed E-state index contributed by atoms with van der Waals surface area (Å²) in [5, 5.41) is 19.2. The van der Waals surface area contributed by atoms with Gasteiger partial charge in [0.2, 0.25) is 17.7 Å². The van der Waals surface area contributed by atoms with Crippen molar-refractivity contribution >= 4 is 35.7 Å². The van der Waals surface area contributed by atoms with Crippen molar-refractivity contribution in [3.05, 3.63) is 42.1 Å². The quantitative estimate of drug-likeness (QED) is 0.262. The van der Waals surface area contributed by atoms with E-state index in [4.69, 9.17) is 9.47 Å². The number of carbonyl (C=O) groups is 6. The summed E-state index contributed by atoms with van der Waals surface area (Å²) in [6.45, 7) is 5.22. The zero-order valence-corrected chi connectivity index (χ0v) is 27.3. The fourth-order valence-corrected chi connectivity index (χ4v) is 5.56. The predicted octanol–water partition coefficient (Wildman–Crippen LogP) is 1.03. The smallest absolute Gasteiger partial charge is 0.409 e. The molecule has 1 aromatic heterocycles. The molecule has 0 spiro atoms. The summed E-state index contributed by atoms with van der Waals surface area (Å²) in [6, 6.07) is 8.35. The number of piperazine rings is 1. The fraction of sp³-hybridized carbons (Fsp3) is 0.531. The molecule has 2 aromatic rings. The molecule has 2 unspecified atom stereocenters. The molecule has 16 nitrogen and oxygen atoms in total. The Labute approximate surface area is 278 Å². The summed E-state index contributed by atoms with van der Waals surface area (Å²) in [4.78, 5) is 80.7. The highest BCUT2D eigenvalue weighted by Crippen LogP contribution is 2.22. The molecule has 0 radical (unpaired) electrons. The van der Waals surface area contributed by atoms with Gasteiger partial charge in [0.05, 0.1) is 12.3 Å². The van der Waals surface area contributed by atoms with Crippen LogP contribution in [0.4, 0.5) is 4.79 Å². The van der Waals surface area contributed by atoms with Crippen LogP contribution in [0.25, 0.3) is 5.69 Å². The second kappa shape index (κ2) is 17.1. The van der Waals surface area contributed by atoms with Gasteiger partial charge in [0.25, 0.3) is 11.8 Å². The van der Waals surface area contributed by atoms with E-state index in [1.165, 1.54) is 25.4 Å². The number of amides is 5. The van der Waals surface area contributed by atoms with Gasteiger partial charge in [-0.3, -0.25) is 24.0 Å². The van der Waals surface area contributed by atoms with Crippen molar-refractivity contribution in [2.75, 3.05) is 52.5 Å². The molecule has 2 aliphatic heterocycles. The molecular formula is C32H43N7O9. The van der Waals surface area contributed by atoms with Crippen LogP contribution >= 0.6 is 0 Å². The number of likely N-dealkylation sites (tertiary alicyclic amines) is 1. The number of carboxylic acid groups (broad SMARTS) is 1. The van der Waals surface area contributed by atoms with E-state index in [0.717, 1.165) is 6.42 Å². The minimum atomic E-state index is -1.18. The standard InChI is InChI=1S/C32H43N7O9/c1-3-14-33-30(44)25-11-8-15-38(25)26(40)21-48-27-20-24(35-39(27)22-9-6-5-7-10-22)29(43)34-23(12-13-28(41)42)31(45)36-16-18-37(19-17-36)32(46)47-4-2/h5-7,9-10,20,23,25H,3-4,8,11-19,21H2,1-2H3,(H,33,44)(H,34,43)(H,41,42). The Balaban J connectivity index is 1.48. The van der Waals surface area contributed by atoms with Gasteiger partial charge in [-0.15, -0.1) is 0 Å². The summed E-state index contributed by atoms with van der Waals surface area (Å²) >= 11 is 0. The molecule has 0 bridgehead atoms. The van der Waals surface area contributed by atoms with Crippen molar-refractivity contribution in [2.24, 2.45) is 0 Å². The maximum atomic E-state index is 13.5. The van der Waals surface area contributed by atoms with Crippen molar-refractivity contribution in [3.63, 3.8) is 0 Å². The van der Waals surface area contributed by atoms with Crippen molar-refractivity contribution < 1.29 is 43.3 Å². The molecule has 16 heteroatoms. The van der Waals surface area contributed by atoms with Crippen LogP contribution in [0.5, 0.6) is 5.88 Å². The van der Waals surface area contributed by atoms with Crippen LogP contribution in [-0.2, 0) is 23.9 Å². The topological polar surface area (TPSA) is 193 Å². The van der Waals surface area contributed by atoms with Crippen LogP contribution in [0.2, 0.25) is 0 Å². The normalized spacial score (nSPS) is 16.6. The third-order valence-electron chi connectivity index (χ3n) is 8.05. The highest BCUT2D eigenvalue weighted by molar-refractivity contribution is 5.96. The summed E-state index contributed by atoms with van der Waals surface area (Å²) in [5.74, 6) is -2.88. The lowest BCUT2D eigenvalue weighted by molar-refractivity contribution is -0.140. The van der Waals surface area contributed by atoms with Crippen molar-refractivity contribution in [1.82, 2.24) is 35.1 Å². The molecule has 260 valence electrons. The van der Waals surface area contributed by atoms with Gasteiger partial charge in [-0.05, 0) is 44.7 Å². The molecular weight excluding hydrogens is 626 g/mol. The van der Waals surface area contributed by atoms with Gasteiger partial charge in [0, 0.05) is 51.8 Å². The molecule has 2 fully saturated rings. The van der Waals surface area contributed by atoms with Crippen LogP contribution in [0.1, 0.15) is 56.4 Å². The number of hydrogen-bond acceptors (Lipinski definition) is 9. The number of benzene rings is 1. The largest absolute Gasteiger partial charge is 0.481 e. The summed E-state index contributed by atoms with van der Waals surface area (Å²) in [5.41, 5.74) is 0.412. The minimum Gasteiger partial charge on any atom is -0.481 e. The van der Waals surface area contributed by atoms with E-state index >= 15 is 0 Å². The van der Waals surface area contributed by atoms with Gasteiger partial charge in [0.1, 0.15) is 12.1 Å². The van der Waals surface area contributed by atoms with E-state index in [1.54, 1.807) is 37.3 Å². The number of carboxylic acids is 1. The Bertz CT molecular complexity index is 1460. The molecule has 5 amide bonds. The molecule has 48 heavy (non-hydrogen) atoms. The maximum absolute atomic E-state index is 13.5. The molecule has 3 N–H and O–H groups in total. The van der Waals surface area contributed by atoms with Gasteiger partial charge in [-0.2, -0.15) is 5.10 Å². The van der Waals surface area contributed by atoms with Crippen molar-refractivity contribution in [3.8, 4) is 11.6 Å². The Morgan fingerprint density at radius 1 is 1.00 bits per heavy atom. The number of carbonyl (C=O) groups excluding carboxylic acids is 5. The lowest BCUT2D eigenvalue weighted by Crippen LogP contribution is -2.56. The van der Waals surface area contributed by atoms with Crippen LogP contribution < -0.4 is 15.4 Å². The van der Waals surface area contributed by atoms with Gasteiger partial charge in [-0.25, -0.2) is 9.48 Å². The van der Waals surface area contributed by atoms with Gasteiger partial charge in [-0.1, -0.05) is 25.1 Å². The van der Waals surface area contributed by atoms with Gasteiger partial charge >= 0.3 is 12.1 Å². The minimum absolute atomic E-state index is 0.0781. The van der Waals surface area contributed by atoms with Crippen LogP contribution in [0.15, 0.2) is 36.4 Å². The first-order valence-corrected chi connectivity index (χ1v) is 16.2. The van der Waals surface area contributed by atoms with Crippen LogP contribution in [0, 0.1) is 0 Å². The lowest BCUT2D eigenvalue weighted by atomic mass is 10.1. The fourth-order valence-electron chi connectivity index (χ4n) is 5.56. The average Bonchev–Trinajstić information content (AvgIpc) is 3.76. The third-order valence-corrected chi connectivity index (χ3v) is 8.05. The Morgan fingerprint density at radius 2 is 1.71 bits per heavy atom. The number of aromatic nitrogens is 2. The molecule has 4 rings (SSSR count). The van der Waals surface area contributed by atoms with Gasteiger partial charge in [0.15, 0.2) is 12.3 Å². The second-order valence-corrected chi connectivity index (χ2v) is 11.4. The maximum Gasteiger partial charge on any atom is 0.409 e. The highest BCUT2D eigenvalue weighted by atomic mass is 16.6. The first kappa shape index (κ1) is 35.7. The molecule has 3 heterocycles. The SMILES string of the molecule is CCCNC(=O)C1CCCN1C(=O)COc1cc(C(=O)NC(CCC(=O)O)C(=O)N2CCN(C(=O)OCC)CC2)nn1-c1ccccc1. The number of nitrogens with zero attached hydrogens (tertiary/aromatic N) is 5. The molecule has 1 aromatic carbocycles. The summed E-state index contributed by atoms with van der Waals surface area (Å²) < 4.78 is 12.3. The number of para-hydroxylation sites is 1. The Kier molecular flexibility index (Phi) is 12.7. The third kappa shape index (κ3) is 9.23. The van der Waals surface area contributed by atoms with E-state index < -0.39 is 48.5 Å². The Morgan fingerprint density at radius 3 is 2.38 bits per heavy atom. The number of hydrogen-bond donors (Lipinski definition) is 3. The van der Waals surface area contributed by atoms with Crippen molar-refractivity contribution in [2.45, 2.75) is 58.0 Å². The summed E-state index contributed by atoms with van der Waals surface area (Å²) in [7, 11) is 0. The first-order chi connectivity index (χ1) is 23.1. The zero-order valence-electron chi connectivity index (χ0n) is 27.3. The number of ether oxygens (including phenoxy) is 2. The monoisotopic (exact) mass is 669 g/mol. The number of rotatable bonds is 14. The molecule has 0 aliphatic carbocycles. The van der Waals surface area contributed by atoms with Crippen molar-refractivity contribution in [1.29, 1.82) is 0 Å². The number of aliphatic carboxylic acids is 1. The second-order valence-electron chi connectivity index (χ2n) is 11.4. The predicted molar refractivity (Wildman–Crippen MR) is 170 cm³/mol. The average molecular weight is 670 g/mol. The van der Waals surface area contributed by atoms with E-state index in [-0.39, 0.29) is 63.1 Å². The van der Waals surface area contributed by atoms with Crippen LogP contribution in [0.3, 0.4) is 0 Å². The van der Waals surface area contributed by atoms with E-state index in [0.29, 0.717) is 31.6 Å². The molecule has 2 saturated heterocycles. The number of nitrogens with one attached hydrogen (secondary N) is 2. The molecule has 0 saturated carbocycles. The van der Waals surface area contributed by atoms with E-state index in [1.807, 2.05) is 6.92 Å². The zero-order chi connectivity index (χ0) is 34.6. The van der Waals surface area contributed by atoms with E-state index in [2.05, 4.69) is 15.7 Å². The van der Waals surface area contributed by atoms with Crippen LogP contribution in [-0.4, -0.2) is 130 Å². The molecule has 2 aliphatic rings. The molecule has 2 atom stereocenters. The summed E-state index contributed by atoms with van der Waals surface area (Å²) in [6.07, 6.45) is 0.992. The highest BCUT2D eigenvalue weighted by Gasteiger charge is 2.35. The van der Waals surface area contributed by atoms with E-state index in [9.17, 15) is 33.9 Å².